The van der Waals surface area contributed by atoms with E-state index >= 15 is 0 Å². The number of nitro benzene ring substituents is 1. The summed E-state index contributed by atoms with van der Waals surface area (Å²) in [6.07, 6.45) is 0.587. The summed E-state index contributed by atoms with van der Waals surface area (Å²) in [5, 5.41) is 16.1. The number of hydrogen-bond acceptors (Lipinski definition) is 5. The van der Waals surface area contributed by atoms with E-state index < -0.39 is 11.0 Å². The van der Waals surface area contributed by atoms with Gasteiger partial charge in [-0.25, -0.2) is 4.79 Å². The van der Waals surface area contributed by atoms with E-state index in [0.717, 1.165) is 11.3 Å². The second-order valence-electron chi connectivity index (χ2n) is 5.08. The Labute approximate surface area is 144 Å². The van der Waals surface area contributed by atoms with E-state index in [9.17, 15) is 14.9 Å². The first-order valence-electron chi connectivity index (χ1n) is 7.54. The number of carbonyl (C=O) groups excluding carboxylic acids is 1. The fraction of sp³-hybridized carbons (Fsp3) is 0.235. The molecule has 0 heterocycles. The van der Waals surface area contributed by atoms with Crippen LogP contribution < -0.4 is 20.1 Å². The molecule has 0 aliphatic carbocycles. The largest absolute Gasteiger partial charge is 0.496 e. The number of methoxy groups -OCH3 is 2. The number of non-ortho nitro benzene ring substituents is 1. The van der Waals surface area contributed by atoms with Crippen LogP contribution >= 0.6 is 0 Å². The molecule has 2 N–H and O–H groups in total. The van der Waals surface area contributed by atoms with Crippen molar-refractivity contribution in [2.75, 3.05) is 26.1 Å². The van der Waals surface area contributed by atoms with Gasteiger partial charge in [0, 0.05) is 18.7 Å². The number of rotatable bonds is 7. The van der Waals surface area contributed by atoms with Gasteiger partial charge in [-0.1, -0.05) is 18.2 Å². The predicted molar refractivity (Wildman–Crippen MR) is 93.4 cm³/mol. The summed E-state index contributed by atoms with van der Waals surface area (Å²) < 4.78 is 10.4. The van der Waals surface area contributed by atoms with Crippen molar-refractivity contribution < 1.29 is 19.2 Å². The molecule has 0 spiro atoms. The van der Waals surface area contributed by atoms with Crippen molar-refractivity contribution in [2.24, 2.45) is 0 Å². The Kier molecular flexibility index (Phi) is 6.16. The highest BCUT2D eigenvalue weighted by atomic mass is 16.6. The molecule has 0 aliphatic rings. The highest BCUT2D eigenvalue weighted by Gasteiger charge is 2.13. The highest BCUT2D eigenvalue weighted by Crippen LogP contribution is 2.28. The number of anilines is 1. The molecule has 8 heteroatoms. The summed E-state index contributed by atoms with van der Waals surface area (Å²) in [7, 11) is 3.01. The fourth-order valence-electron chi connectivity index (χ4n) is 2.29. The van der Waals surface area contributed by atoms with Gasteiger partial charge in [-0.05, 0) is 24.1 Å². The number of benzene rings is 2. The molecule has 2 rings (SSSR count). The van der Waals surface area contributed by atoms with E-state index in [1.54, 1.807) is 7.11 Å². The normalized spacial score (nSPS) is 10.0. The summed E-state index contributed by atoms with van der Waals surface area (Å²) in [6.45, 7) is 0.378. The van der Waals surface area contributed by atoms with Gasteiger partial charge in [-0.15, -0.1) is 0 Å². The van der Waals surface area contributed by atoms with Crippen molar-refractivity contribution in [3.05, 3.63) is 58.1 Å². The van der Waals surface area contributed by atoms with Crippen molar-refractivity contribution in [2.45, 2.75) is 6.42 Å². The monoisotopic (exact) mass is 345 g/mol. The van der Waals surface area contributed by atoms with Gasteiger partial charge in [0.05, 0.1) is 24.8 Å². The molecule has 0 saturated heterocycles. The summed E-state index contributed by atoms with van der Waals surface area (Å²) >= 11 is 0. The number of nitro groups is 1. The number of nitrogens with zero attached hydrogens (tertiary/aromatic N) is 1. The summed E-state index contributed by atoms with van der Waals surface area (Å²) in [4.78, 5) is 22.3. The van der Waals surface area contributed by atoms with E-state index in [2.05, 4.69) is 10.6 Å². The van der Waals surface area contributed by atoms with Crippen LogP contribution in [0.5, 0.6) is 11.5 Å². The number of nitrogens with one attached hydrogen (secondary N) is 2. The lowest BCUT2D eigenvalue weighted by Crippen LogP contribution is -2.30. The molecule has 2 aromatic rings. The average molecular weight is 345 g/mol. The van der Waals surface area contributed by atoms with E-state index in [1.807, 2.05) is 24.3 Å². The van der Waals surface area contributed by atoms with Crippen LogP contribution in [0.1, 0.15) is 5.56 Å². The fourth-order valence-corrected chi connectivity index (χ4v) is 2.29. The standard InChI is InChI=1S/C17H19N3O5/c1-24-15-6-4-3-5-12(15)9-10-18-17(21)19-14-11-13(20(22)23)7-8-16(14)25-2/h3-8,11H,9-10H2,1-2H3,(H2,18,19,21). The molecular weight excluding hydrogens is 326 g/mol. The lowest BCUT2D eigenvalue weighted by Gasteiger charge is -2.12. The Morgan fingerprint density at radius 1 is 1.12 bits per heavy atom. The van der Waals surface area contributed by atoms with Crippen LogP contribution in [0.15, 0.2) is 42.5 Å². The topological polar surface area (TPSA) is 103 Å². The van der Waals surface area contributed by atoms with Gasteiger partial charge in [0.2, 0.25) is 0 Å². The number of amides is 2. The molecular formula is C17H19N3O5. The van der Waals surface area contributed by atoms with E-state index in [-0.39, 0.29) is 11.4 Å². The second-order valence-corrected chi connectivity index (χ2v) is 5.08. The third-order valence-corrected chi connectivity index (χ3v) is 3.51. The summed E-state index contributed by atoms with van der Waals surface area (Å²) in [5.41, 5.74) is 1.06. The number of hydrogen-bond donors (Lipinski definition) is 2. The van der Waals surface area contributed by atoms with Crippen LogP contribution in [0, 0.1) is 10.1 Å². The van der Waals surface area contributed by atoms with Gasteiger partial charge in [0.15, 0.2) is 0 Å². The lowest BCUT2D eigenvalue weighted by atomic mass is 10.1. The van der Waals surface area contributed by atoms with Crippen molar-refractivity contribution in [1.29, 1.82) is 0 Å². The highest BCUT2D eigenvalue weighted by molar-refractivity contribution is 5.91. The molecule has 2 amide bonds. The Morgan fingerprint density at radius 2 is 1.84 bits per heavy atom. The predicted octanol–water partition coefficient (Wildman–Crippen LogP) is 2.98. The molecule has 0 aliphatic heterocycles. The molecule has 0 aromatic heterocycles. The minimum absolute atomic E-state index is 0.134. The quantitative estimate of drug-likeness (QED) is 0.593. The van der Waals surface area contributed by atoms with E-state index in [1.165, 1.54) is 25.3 Å². The van der Waals surface area contributed by atoms with Crippen LogP contribution in [0.2, 0.25) is 0 Å². The van der Waals surface area contributed by atoms with Crippen molar-refractivity contribution in [1.82, 2.24) is 5.32 Å². The maximum absolute atomic E-state index is 12.0. The second kappa shape index (κ2) is 8.53. The van der Waals surface area contributed by atoms with Gasteiger partial charge >= 0.3 is 6.03 Å². The number of para-hydroxylation sites is 1. The van der Waals surface area contributed by atoms with Gasteiger partial charge in [0.1, 0.15) is 11.5 Å². The molecule has 0 saturated carbocycles. The molecule has 8 nitrogen and oxygen atoms in total. The molecule has 25 heavy (non-hydrogen) atoms. The molecule has 0 atom stereocenters. The first-order valence-corrected chi connectivity index (χ1v) is 7.54. The lowest BCUT2D eigenvalue weighted by molar-refractivity contribution is -0.384. The zero-order chi connectivity index (χ0) is 18.2. The van der Waals surface area contributed by atoms with Crippen molar-refractivity contribution in [3.63, 3.8) is 0 Å². The third kappa shape index (κ3) is 4.84. The van der Waals surface area contributed by atoms with Crippen LogP contribution in [0.3, 0.4) is 0 Å². The maximum Gasteiger partial charge on any atom is 0.319 e. The van der Waals surface area contributed by atoms with Crippen LogP contribution in [-0.2, 0) is 6.42 Å². The Balaban J connectivity index is 1.96. The first kappa shape index (κ1) is 18.1. The molecule has 0 fully saturated rings. The molecule has 0 radical (unpaired) electrons. The Bertz CT molecular complexity index is 764. The SMILES string of the molecule is COc1ccccc1CCNC(=O)Nc1cc([N+](=O)[O-])ccc1OC. The van der Waals surface area contributed by atoms with Crippen molar-refractivity contribution >= 4 is 17.4 Å². The number of urea groups is 1. The van der Waals surface area contributed by atoms with Gasteiger partial charge in [-0.2, -0.15) is 0 Å². The summed E-state index contributed by atoms with van der Waals surface area (Å²) in [6, 6.07) is 11.0. The smallest absolute Gasteiger partial charge is 0.319 e. The summed E-state index contributed by atoms with van der Waals surface area (Å²) in [5.74, 6) is 1.09. The Hall–Kier alpha value is -3.29. The van der Waals surface area contributed by atoms with Crippen LogP contribution in [0.4, 0.5) is 16.2 Å². The molecule has 0 bridgehead atoms. The van der Waals surface area contributed by atoms with Gasteiger partial charge in [0.25, 0.3) is 5.69 Å². The molecule has 0 unspecified atom stereocenters. The van der Waals surface area contributed by atoms with E-state index in [0.29, 0.717) is 18.7 Å². The maximum atomic E-state index is 12.0. The molecule has 2 aromatic carbocycles. The van der Waals surface area contributed by atoms with Gasteiger partial charge < -0.3 is 20.1 Å². The van der Waals surface area contributed by atoms with Crippen molar-refractivity contribution in [3.8, 4) is 11.5 Å². The number of carbonyl (C=O) groups is 1. The minimum atomic E-state index is -0.537. The van der Waals surface area contributed by atoms with Crippen LogP contribution in [0.25, 0.3) is 0 Å². The first-order chi connectivity index (χ1) is 12.0. The zero-order valence-corrected chi connectivity index (χ0v) is 13.9. The average Bonchev–Trinajstić information content (AvgIpc) is 2.62. The Morgan fingerprint density at radius 3 is 2.52 bits per heavy atom. The van der Waals surface area contributed by atoms with E-state index in [4.69, 9.17) is 9.47 Å². The minimum Gasteiger partial charge on any atom is -0.496 e. The third-order valence-electron chi connectivity index (χ3n) is 3.51. The van der Waals surface area contributed by atoms with Gasteiger partial charge in [-0.3, -0.25) is 10.1 Å². The van der Waals surface area contributed by atoms with Crippen LogP contribution in [-0.4, -0.2) is 31.7 Å². The zero-order valence-electron chi connectivity index (χ0n) is 13.9. The molecule has 132 valence electrons. The number of ether oxygens (including phenoxy) is 2.